The van der Waals surface area contributed by atoms with Crippen LogP contribution < -0.4 is 5.32 Å². The van der Waals surface area contributed by atoms with E-state index in [1.165, 1.54) is 0 Å². The summed E-state index contributed by atoms with van der Waals surface area (Å²) in [7, 11) is 0. The van der Waals surface area contributed by atoms with Crippen LogP contribution in [0.25, 0.3) is 0 Å². The van der Waals surface area contributed by atoms with Gasteiger partial charge in [0.2, 0.25) is 0 Å². The van der Waals surface area contributed by atoms with E-state index < -0.39 is 23.6 Å². The number of pyridine rings is 1. The Balaban J connectivity index is 2.04. The van der Waals surface area contributed by atoms with E-state index in [1.807, 2.05) is 0 Å². The van der Waals surface area contributed by atoms with E-state index in [1.54, 1.807) is 0 Å². The number of carboxylic acid groups (broad SMARTS) is 1. The van der Waals surface area contributed by atoms with Gasteiger partial charge in [0.25, 0.3) is 5.91 Å². The first-order valence-corrected chi connectivity index (χ1v) is 6.70. The van der Waals surface area contributed by atoms with Crippen LogP contribution in [0.5, 0.6) is 0 Å². The fourth-order valence-electron chi connectivity index (χ4n) is 2.39. The average molecular weight is 301 g/mol. The van der Waals surface area contributed by atoms with Crippen LogP contribution in [0.15, 0.2) is 12.3 Å². The van der Waals surface area contributed by atoms with Crippen molar-refractivity contribution >= 4 is 23.5 Å². The Labute approximate surface area is 120 Å². The number of aromatic nitrogens is 1. The van der Waals surface area contributed by atoms with E-state index in [4.69, 9.17) is 16.7 Å². The molecule has 20 heavy (non-hydrogen) atoms. The Kier molecular flexibility index (Phi) is 4.54. The number of aliphatic carboxylic acids is 1. The molecule has 5 nitrogen and oxygen atoms in total. The third-order valence-corrected chi connectivity index (χ3v) is 3.71. The summed E-state index contributed by atoms with van der Waals surface area (Å²) in [6.45, 7) is 0. The second-order valence-corrected chi connectivity index (χ2v) is 5.22. The zero-order chi connectivity index (χ0) is 14.7. The molecule has 1 aromatic heterocycles. The number of carbonyl (C=O) groups is 2. The van der Waals surface area contributed by atoms with Gasteiger partial charge in [-0.1, -0.05) is 18.0 Å². The molecule has 2 atom stereocenters. The van der Waals surface area contributed by atoms with Gasteiger partial charge in [0.05, 0.1) is 17.7 Å². The molecule has 7 heteroatoms. The van der Waals surface area contributed by atoms with Crippen molar-refractivity contribution in [1.29, 1.82) is 0 Å². The summed E-state index contributed by atoms with van der Waals surface area (Å²) in [4.78, 5) is 26.5. The van der Waals surface area contributed by atoms with Gasteiger partial charge in [0.1, 0.15) is 11.0 Å². The average Bonchev–Trinajstić information content (AvgIpc) is 2.41. The van der Waals surface area contributed by atoms with Gasteiger partial charge in [0.15, 0.2) is 0 Å². The molecule has 1 fully saturated rings. The number of halogens is 2. The van der Waals surface area contributed by atoms with E-state index >= 15 is 0 Å². The molecule has 2 unspecified atom stereocenters. The lowest BCUT2D eigenvalue weighted by Crippen LogP contribution is -2.40. The van der Waals surface area contributed by atoms with Crippen LogP contribution in [-0.4, -0.2) is 28.0 Å². The van der Waals surface area contributed by atoms with Crippen LogP contribution in [0.3, 0.4) is 0 Å². The summed E-state index contributed by atoms with van der Waals surface area (Å²) >= 11 is 5.76. The Morgan fingerprint density at radius 2 is 2.20 bits per heavy atom. The maximum absolute atomic E-state index is 13.1. The monoisotopic (exact) mass is 300 g/mol. The summed E-state index contributed by atoms with van der Waals surface area (Å²) < 4.78 is 13.1. The highest BCUT2D eigenvalue weighted by Gasteiger charge is 2.28. The van der Waals surface area contributed by atoms with Crippen LogP contribution in [0.4, 0.5) is 4.39 Å². The lowest BCUT2D eigenvalue weighted by Gasteiger charge is -2.27. The minimum absolute atomic E-state index is 0.0379. The van der Waals surface area contributed by atoms with E-state index in [9.17, 15) is 14.0 Å². The van der Waals surface area contributed by atoms with Gasteiger partial charge in [-0.2, -0.15) is 0 Å². The number of hydrogen-bond donors (Lipinski definition) is 2. The zero-order valence-corrected chi connectivity index (χ0v) is 11.4. The maximum atomic E-state index is 13.1. The van der Waals surface area contributed by atoms with Crippen LogP contribution in [-0.2, 0) is 4.79 Å². The summed E-state index contributed by atoms with van der Waals surface area (Å²) in [6.07, 6.45) is 3.36. The molecule has 1 aliphatic carbocycles. The number of nitrogens with zero attached hydrogens (tertiary/aromatic N) is 1. The van der Waals surface area contributed by atoms with Crippen molar-refractivity contribution < 1.29 is 19.1 Å². The molecular formula is C13H14ClFN2O3. The predicted molar refractivity (Wildman–Crippen MR) is 70.1 cm³/mol. The van der Waals surface area contributed by atoms with Gasteiger partial charge in [-0.3, -0.25) is 9.59 Å². The Bertz CT molecular complexity index is 538. The molecule has 0 spiro atoms. The summed E-state index contributed by atoms with van der Waals surface area (Å²) in [5.41, 5.74) is -0.0379. The number of hydrogen-bond acceptors (Lipinski definition) is 3. The van der Waals surface area contributed by atoms with Crippen LogP contribution in [0.1, 0.15) is 36.0 Å². The predicted octanol–water partition coefficient (Wildman–Crippen LogP) is 2.25. The van der Waals surface area contributed by atoms with Crippen LogP contribution in [0, 0.1) is 11.7 Å². The molecule has 1 saturated carbocycles. The number of amides is 1. The largest absolute Gasteiger partial charge is 0.481 e. The van der Waals surface area contributed by atoms with Crippen molar-refractivity contribution in [3.8, 4) is 0 Å². The fraction of sp³-hybridized carbons (Fsp3) is 0.462. The molecule has 0 aromatic carbocycles. The Hall–Kier alpha value is -1.69. The van der Waals surface area contributed by atoms with E-state index in [0.717, 1.165) is 18.7 Å². The summed E-state index contributed by atoms with van der Waals surface area (Å²) in [5.74, 6) is -2.48. The zero-order valence-electron chi connectivity index (χ0n) is 10.6. The molecular weight excluding hydrogens is 287 g/mol. The van der Waals surface area contributed by atoms with Gasteiger partial charge in [0, 0.05) is 6.04 Å². The first kappa shape index (κ1) is 14.7. The molecule has 1 aromatic rings. The van der Waals surface area contributed by atoms with Crippen molar-refractivity contribution in [2.24, 2.45) is 5.92 Å². The number of rotatable bonds is 3. The minimum atomic E-state index is -0.852. The topological polar surface area (TPSA) is 79.3 Å². The molecule has 2 rings (SSSR count). The normalized spacial score (nSPS) is 22.3. The second-order valence-electron chi connectivity index (χ2n) is 4.86. The van der Waals surface area contributed by atoms with Crippen molar-refractivity contribution in [1.82, 2.24) is 10.3 Å². The molecule has 0 radical (unpaired) electrons. The summed E-state index contributed by atoms with van der Waals surface area (Å²) in [6, 6.07) is 0.777. The molecule has 0 bridgehead atoms. The number of nitrogens with one attached hydrogen (secondary N) is 1. The molecule has 1 aliphatic rings. The van der Waals surface area contributed by atoms with Crippen molar-refractivity contribution in [3.63, 3.8) is 0 Å². The van der Waals surface area contributed by atoms with Gasteiger partial charge in [-0.15, -0.1) is 0 Å². The highest BCUT2D eigenvalue weighted by molar-refractivity contribution is 6.32. The van der Waals surface area contributed by atoms with E-state index in [-0.39, 0.29) is 16.8 Å². The lowest BCUT2D eigenvalue weighted by atomic mass is 9.85. The smallest absolute Gasteiger partial charge is 0.306 e. The van der Waals surface area contributed by atoms with Crippen molar-refractivity contribution in [3.05, 3.63) is 28.8 Å². The van der Waals surface area contributed by atoms with E-state index in [2.05, 4.69) is 10.3 Å². The highest BCUT2D eigenvalue weighted by Crippen LogP contribution is 2.25. The lowest BCUT2D eigenvalue weighted by molar-refractivity contribution is -0.143. The van der Waals surface area contributed by atoms with Crippen LogP contribution >= 0.6 is 11.6 Å². The molecule has 1 heterocycles. The maximum Gasteiger partial charge on any atom is 0.306 e. The van der Waals surface area contributed by atoms with Gasteiger partial charge < -0.3 is 10.4 Å². The number of carbonyl (C=O) groups excluding carboxylic acids is 1. The molecule has 2 N–H and O–H groups in total. The standard InChI is InChI=1S/C13H14ClFN2O3/c14-11-10(5-8(15)6-16-11)12(18)17-9-3-1-2-7(4-9)13(19)20/h5-7,9H,1-4H2,(H,17,18)(H,19,20). The second kappa shape index (κ2) is 6.17. The molecule has 0 saturated heterocycles. The Morgan fingerprint density at radius 1 is 1.45 bits per heavy atom. The number of carboxylic acids is 1. The quantitative estimate of drug-likeness (QED) is 0.839. The molecule has 0 aliphatic heterocycles. The summed E-state index contributed by atoms with van der Waals surface area (Å²) in [5, 5.41) is 11.6. The van der Waals surface area contributed by atoms with Crippen molar-refractivity contribution in [2.75, 3.05) is 0 Å². The minimum Gasteiger partial charge on any atom is -0.481 e. The highest BCUT2D eigenvalue weighted by atomic mass is 35.5. The molecule has 1 amide bonds. The third-order valence-electron chi connectivity index (χ3n) is 3.41. The van der Waals surface area contributed by atoms with Crippen molar-refractivity contribution in [2.45, 2.75) is 31.7 Å². The van der Waals surface area contributed by atoms with Gasteiger partial charge in [-0.25, -0.2) is 9.37 Å². The Morgan fingerprint density at radius 3 is 2.90 bits per heavy atom. The fourth-order valence-corrected chi connectivity index (χ4v) is 2.58. The first-order valence-electron chi connectivity index (χ1n) is 6.32. The molecule has 108 valence electrons. The first-order chi connectivity index (χ1) is 9.47. The van der Waals surface area contributed by atoms with Gasteiger partial charge in [-0.05, 0) is 25.3 Å². The van der Waals surface area contributed by atoms with Gasteiger partial charge >= 0.3 is 5.97 Å². The van der Waals surface area contributed by atoms with E-state index in [0.29, 0.717) is 19.3 Å². The third kappa shape index (κ3) is 3.45. The van der Waals surface area contributed by atoms with Crippen LogP contribution in [0.2, 0.25) is 5.15 Å². The SMILES string of the molecule is O=C(NC1CCCC(C(=O)O)C1)c1cc(F)cnc1Cl.